The van der Waals surface area contributed by atoms with Crippen LogP contribution in [0, 0.1) is 17.0 Å². The zero-order valence-electron chi connectivity index (χ0n) is 8.95. The topological polar surface area (TPSA) is 57.3 Å². The Morgan fingerprint density at radius 3 is 2.93 bits per heavy atom. The van der Waals surface area contributed by atoms with Crippen molar-refractivity contribution in [3.05, 3.63) is 21.5 Å². The minimum atomic E-state index is -0.324. The molecule has 82 valence electrons. The second kappa shape index (κ2) is 3.56. The van der Waals surface area contributed by atoms with Crippen molar-refractivity contribution < 1.29 is 9.66 Å². The molecule has 0 bridgehead atoms. The van der Waals surface area contributed by atoms with Crippen molar-refractivity contribution in [1.29, 1.82) is 0 Å². The van der Waals surface area contributed by atoms with E-state index in [9.17, 15) is 10.1 Å². The highest BCUT2D eigenvalue weighted by Gasteiger charge is 2.32. The van der Waals surface area contributed by atoms with Gasteiger partial charge in [0.1, 0.15) is 5.69 Å². The van der Waals surface area contributed by atoms with Crippen molar-refractivity contribution in [3.63, 3.8) is 0 Å². The lowest BCUT2D eigenvalue weighted by Gasteiger charge is -2.03. The Bertz CT molecular complexity index is 409. The van der Waals surface area contributed by atoms with E-state index in [1.165, 1.54) is 0 Å². The smallest absolute Gasteiger partial charge is 0.331 e. The monoisotopic (exact) mass is 210 g/mol. The summed E-state index contributed by atoms with van der Waals surface area (Å²) < 4.78 is 7.37. The lowest BCUT2D eigenvalue weighted by Crippen LogP contribution is -1.98. The summed E-state index contributed by atoms with van der Waals surface area (Å²) in [6.07, 6.45) is 1.77. The summed E-state index contributed by atoms with van der Waals surface area (Å²) >= 11 is 0. The van der Waals surface area contributed by atoms with Crippen molar-refractivity contribution in [2.45, 2.75) is 33.2 Å². The zero-order chi connectivity index (χ0) is 11.0. The van der Waals surface area contributed by atoms with Gasteiger partial charge < -0.3 is 9.30 Å². The first-order chi connectivity index (χ1) is 7.16. The van der Waals surface area contributed by atoms with Gasteiger partial charge in [-0.3, -0.25) is 10.1 Å². The summed E-state index contributed by atoms with van der Waals surface area (Å²) in [6.45, 7) is 5.05. The molecule has 15 heavy (non-hydrogen) atoms. The molecule has 0 fully saturated rings. The molecule has 0 saturated carbocycles. The molecule has 0 saturated heterocycles. The highest BCUT2D eigenvalue weighted by atomic mass is 16.6. The predicted molar refractivity (Wildman–Crippen MR) is 55.3 cm³/mol. The number of hydrogen-bond donors (Lipinski definition) is 0. The molecule has 0 spiro atoms. The van der Waals surface area contributed by atoms with Crippen molar-refractivity contribution in [1.82, 2.24) is 4.57 Å². The molecule has 0 aromatic carbocycles. The maximum atomic E-state index is 11.0. The van der Waals surface area contributed by atoms with E-state index in [2.05, 4.69) is 0 Å². The number of nitrogens with zero attached hydrogens (tertiary/aromatic N) is 2. The third-order valence-electron chi connectivity index (χ3n) is 2.81. The number of rotatable bonds is 3. The van der Waals surface area contributed by atoms with E-state index in [0.717, 1.165) is 30.8 Å². The van der Waals surface area contributed by atoms with E-state index in [1.54, 1.807) is 0 Å². The van der Waals surface area contributed by atoms with Gasteiger partial charge in [-0.25, -0.2) is 0 Å². The van der Waals surface area contributed by atoms with Crippen LogP contribution in [-0.4, -0.2) is 16.1 Å². The Hall–Kier alpha value is -1.52. The highest BCUT2D eigenvalue weighted by Crippen LogP contribution is 2.40. The number of aromatic nitrogens is 1. The fourth-order valence-corrected chi connectivity index (χ4v) is 2.22. The van der Waals surface area contributed by atoms with Gasteiger partial charge in [0.25, 0.3) is 0 Å². The normalized spacial score (nSPS) is 14.0. The lowest BCUT2D eigenvalue weighted by molar-refractivity contribution is -0.386. The highest BCUT2D eigenvalue weighted by molar-refractivity contribution is 5.56. The summed E-state index contributed by atoms with van der Waals surface area (Å²) in [5.74, 6) is 0.456. The van der Waals surface area contributed by atoms with E-state index in [4.69, 9.17) is 4.74 Å². The quantitative estimate of drug-likeness (QED) is 0.566. The molecule has 0 aliphatic carbocycles. The number of hydrogen-bond acceptors (Lipinski definition) is 3. The molecule has 1 aromatic rings. The molecule has 0 radical (unpaired) electrons. The van der Waals surface area contributed by atoms with Crippen LogP contribution >= 0.6 is 0 Å². The first kappa shape index (κ1) is 10.0. The summed E-state index contributed by atoms with van der Waals surface area (Å²) in [5, 5.41) is 11.0. The fourth-order valence-electron chi connectivity index (χ4n) is 2.22. The zero-order valence-corrected chi connectivity index (χ0v) is 8.95. The van der Waals surface area contributed by atoms with Crippen LogP contribution in [0.25, 0.3) is 0 Å². The predicted octanol–water partition coefficient (Wildman–Crippen LogP) is 2.05. The van der Waals surface area contributed by atoms with E-state index in [-0.39, 0.29) is 10.6 Å². The third-order valence-corrected chi connectivity index (χ3v) is 2.81. The van der Waals surface area contributed by atoms with Crippen LogP contribution in [-0.2, 0) is 13.0 Å². The van der Waals surface area contributed by atoms with Crippen molar-refractivity contribution >= 4 is 5.69 Å². The Kier molecular flexibility index (Phi) is 2.38. The molecule has 2 heterocycles. The van der Waals surface area contributed by atoms with E-state index in [1.807, 2.05) is 18.4 Å². The molecule has 5 nitrogen and oxygen atoms in total. The van der Waals surface area contributed by atoms with Gasteiger partial charge in [-0.1, -0.05) is 0 Å². The molecule has 1 aliphatic heterocycles. The van der Waals surface area contributed by atoms with Gasteiger partial charge in [-0.15, -0.1) is 0 Å². The maximum Gasteiger partial charge on any atom is 0.331 e. The minimum Gasteiger partial charge on any atom is -0.486 e. The first-order valence-corrected chi connectivity index (χ1v) is 5.16. The first-order valence-electron chi connectivity index (χ1n) is 5.16. The van der Waals surface area contributed by atoms with Gasteiger partial charge in [0.15, 0.2) is 0 Å². The summed E-state index contributed by atoms with van der Waals surface area (Å²) in [4.78, 5) is 10.7. The molecule has 1 aromatic heterocycles. The maximum absolute atomic E-state index is 11.0. The van der Waals surface area contributed by atoms with Crippen LogP contribution in [0.15, 0.2) is 0 Å². The van der Waals surface area contributed by atoms with E-state index in [0.29, 0.717) is 12.4 Å². The van der Waals surface area contributed by atoms with Crippen molar-refractivity contribution in [2.75, 3.05) is 6.61 Å². The van der Waals surface area contributed by atoms with Gasteiger partial charge in [0.05, 0.1) is 17.2 Å². The van der Waals surface area contributed by atoms with Crippen LogP contribution in [0.2, 0.25) is 0 Å². The number of nitro groups is 1. The van der Waals surface area contributed by atoms with Gasteiger partial charge >= 0.3 is 5.69 Å². The SMILES string of the molecule is CCOc1c([N+](=O)[O-])c2n(c1C)CCC2. The second-order valence-electron chi connectivity index (χ2n) is 3.66. The van der Waals surface area contributed by atoms with Crippen LogP contribution < -0.4 is 4.74 Å². The summed E-state index contributed by atoms with van der Waals surface area (Å²) in [5.41, 5.74) is 1.88. The molecule has 0 atom stereocenters. The van der Waals surface area contributed by atoms with E-state index < -0.39 is 0 Å². The Morgan fingerprint density at radius 1 is 1.60 bits per heavy atom. The van der Waals surface area contributed by atoms with Crippen LogP contribution in [0.1, 0.15) is 24.7 Å². The van der Waals surface area contributed by atoms with Crippen molar-refractivity contribution in [2.24, 2.45) is 0 Å². The van der Waals surface area contributed by atoms with Crippen molar-refractivity contribution in [3.8, 4) is 5.75 Å². The molecule has 2 rings (SSSR count). The largest absolute Gasteiger partial charge is 0.486 e. The minimum absolute atomic E-state index is 0.173. The van der Waals surface area contributed by atoms with Gasteiger partial charge in [-0.2, -0.15) is 0 Å². The number of ether oxygens (including phenoxy) is 1. The van der Waals surface area contributed by atoms with Crippen LogP contribution in [0.4, 0.5) is 5.69 Å². The van der Waals surface area contributed by atoms with Crippen LogP contribution in [0.5, 0.6) is 5.75 Å². The average Bonchev–Trinajstić information content (AvgIpc) is 2.71. The standard InChI is InChI=1S/C10H14N2O3/c1-3-15-10-7(2)11-6-4-5-8(11)9(10)12(13)14/h3-6H2,1-2H3. The van der Waals surface area contributed by atoms with E-state index >= 15 is 0 Å². The lowest BCUT2D eigenvalue weighted by atomic mass is 10.2. The molecular formula is C10H14N2O3. The molecular weight excluding hydrogens is 196 g/mol. The summed E-state index contributed by atoms with van der Waals surface area (Å²) in [6, 6.07) is 0. The average molecular weight is 210 g/mol. The Balaban J connectivity index is 2.58. The Labute approximate surface area is 87.8 Å². The summed E-state index contributed by atoms with van der Waals surface area (Å²) in [7, 11) is 0. The molecule has 0 amide bonds. The fraction of sp³-hybridized carbons (Fsp3) is 0.600. The second-order valence-corrected chi connectivity index (χ2v) is 3.66. The van der Waals surface area contributed by atoms with Gasteiger partial charge in [-0.05, 0) is 26.7 Å². The van der Waals surface area contributed by atoms with Crippen LogP contribution in [0.3, 0.4) is 0 Å². The molecule has 5 heteroatoms. The molecule has 0 unspecified atom stereocenters. The molecule has 1 aliphatic rings. The molecule has 0 N–H and O–H groups in total. The van der Waals surface area contributed by atoms with Gasteiger partial charge in [0.2, 0.25) is 5.75 Å². The third kappa shape index (κ3) is 1.38. The number of fused-ring (bicyclic) bond motifs is 1. The Morgan fingerprint density at radius 2 is 2.33 bits per heavy atom. The van der Waals surface area contributed by atoms with Gasteiger partial charge in [0, 0.05) is 6.54 Å².